The number of rotatable bonds is 5. The first-order valence-electron chi connectivity index (χ1n) is 10.7. The van der Waals surface area contributed by atoms with Crippen LogP contribution in [0.1, 0.15) is 19.5 Å². The van der Waals surface area contributed by atoms with Crippen LogP contribution in [0.15, 0.2) is 49.1 Å². The van der Waals surface area contributed by atoms with Crippen LogP contribution in [0, 0.1) is 5.95 Å². The Morgan fingerprint density at radius 2 is 1.94 bits per heavy atom. The van der Waals surface area contributed by atoms with Gasteiger partial charge >= 0.3 is 0 Å². The van der Waals surface area contributed by atoms with E-state index in [9.17, 15) is 4.39 Å². The molecule has 0 radical (unpaired) electrons. The summed E-state index contributed by atoms with van der Waals surface area (Å²) in [6, 6.07) is 9.99. The van der Waals surface area contributed by atoms with Gasteiger partial charge in [-0.05, 0) is 38.1 Å². The molecule has 1 fully saturated rings. The van der Waals surface area contributed by atoms with E-state index in [-0.39, 0.29) is 0 Å². The van der Waals surface area contributed by atoms with Crippen LogP contribution in [0.4, 0.5) is 16.0 Å². The van der Waals surface area contributed by atoms with Gasteiger partial charge in [0.2, 0.25) is 5.95 Å². The van der Waals surface area contributed by atoms with Crippen molar-refractivity contribution in [3.63, 3.8) is 0 Å². The van der Waals surface area contributed by atoms with E-state index in [2.05, 4.69) is 55.4 Å². The Morgan fingerprint density at radius 1 is 1.09 bits per heavy atom. The van der Waals surface area contributed by atoms with E-state index < -0.39 is 5.95 Å². The first-order valence-corrected chi connectivity index (χ1v) is 10.7. The molecule has 1 aliphatic heterocycles. The second kappa shape index (κ2) is 8.51. The number of halogens is 1. The van der Waals surface area contributed by atoms with E-state index in [4.69, 9.17) is 4.98 Å². The van der Waals surface area contributed by atoms with Crippen molar-refractivity contribution in [3.05, 3.63) is 60.7 Å². The number of H-pyrrole nitrogens is 1. The molecular weight excluding hydrogens is 407 g/mol. The molecule has 4 aromatic heterocycles. The molecule has 5 rings (SSSR count). The van der Waals surface area contributed by atoms with Crippen molar-refractivity contribution in [3.8, 4) is 11.1 Å². The number of anilines is 2. The molecule has 2 atom stereocenters. The van der Waals surface area contributed by atoms with Crippen LogP contribution in [0.25, 0.3) is 22.2 Å². The van der Waals surface area contributed by atoms with Crippen molar-refractivity contribution in [1.29, 1.82) is 0 Å². The van der Waals surface area contributed by atoms with Gasteiger partial charge in [0.1, 0.15) is 23.6 Å². The Kier molecular flexibility index (Phi) is 5.40. The maximum Gasteiger partial charge on any atom is 0.212 e. The maximum absolute atomic E-state index is 13.3. The van der Waals surface area contributed by atoms with Gasteiger partial charge in [-0.15, -0.1) is 0 Å². The van der Waals surface area contributed by atoms with E-state index in [0.29, 0.717) is 30.1 Å². The molecule has 0 saturated carbocycles. The van der Waals surface area contributed by atoms with Crippen LogP contribution >= 0.6 is 0 Å². The largest absolute Gasteiger partial charge is 0.364 e. The Labute approximate surface area is 185 Å². The Morgan fingerprint density at radius 3 is 2.72 bits per heavy atom. The fraction of sp³-hybridized carbons (Fsp3) is 0.304. The average Bonchev–Trinajstić information content (AvgIpc) is 3.23. The Hall–Kier alpha value is -3.59. The average molecular weight is 433 g/mol. The second-order valence-corrected chi connectivity index (χ2v) is 8.23. The fourth-order valence-electron chi connectivity index (χ4n) is 4.29. The summed E-state index contributed by atoms with van der Waals surface area (Å²) in [6.07, 6.45) is 4.86. The number of hydrogen-bond donors (Lipinski definition) is 3. The number of pyridine rings is 2. The Bertz CT molecular complexity index is 1210. The highest BCUT2D eigenvalue weighted by atomic mass is 19.1. The monoisotopic (exact) mass is 432 g/mol. The molecule has 4 aromatic rings. The molecular formula is C23H25FN8. The first-order chi connectivity index (χ1) is 15.6. The molecule has 0 amide bonds. The maximum atomic E-state index is 13.3. The highest BCUT2D eigenvalue weighted by Gasteiger charge is 2.22. The second-order valence-electron chi connectivity index (χ2n) is 8.23. The van der Waals surface area contributed by atoms with E-state index in [0.717, 1.165) is 41.1 Å². The van der Waals surface area contributed by atoms with Gasteiger partial charge in [-0.1, -0.05) is 6.07 Å². The third-order valence-electron chi connectivity index (χ3n) is 5.62. The van der Waals surface area contributed by atoms with Gasteiger partial charge in [0.15, 0.2) is 0 Å². The lowest BCUT2D eigenvalue weighted by molar-refractivity contribution is 0.405. The molecule has 0 aromatic carbocycles. The van der Waals surface area contributed by atoms with E-state index in [1.165, 1.54) is 18.6 Å². The third kappa shape index (κ3) is 4.11. The topological polar surface area (TPSA) is 94.6 Å². The van der Waals surface area contributed by atoms with E-state index in [1.807, 2.05) is 18.3 Å². The lowest BCUT2D eigenvalue weighted by atomic mass is 10.1. The number of hydrogen-bond acceptors (Lipinski definition) is 7. The van der Waals surface area contributed by atoms with Crippen LogP contribution < -0.4 is 15.5 Å². The predicted octanol–water partition coefficient (Wildman–Crippen LogP) is 3.35. The van der Waals surface area contributed by atoms with Crippen molar-refractivity contribution in [2.45, 2.75) is 32.5 Å². The van der Waals surface area contributed by atoms with Crippen LogP contribution in [0.3, 0.4) is 0 Å². The van der Waals surface area contributed by atoms with Gasteiger partial charge in [0.05, 0.1) is 17.6 Å². The van der Waals surface area contributed by atoms with Crippen molar-refractivity contribution in [2.75, 3.05) is 23.3 Å². The molecule has 1 saturated heterocycles. The molecule has 1 aliphatic rings. The molecule has 9 heteroatoms. The van der Waals surface area contributed by atoms with Gasteiger partial charge in [0.25, 0.3) is 0 Å². The third-order valence-corrected chi connectivity index (χ3v) is 5.62. The summed E-state index contributed by atoms with van der Waals surface area (Å²) in [5.41, 5.74) is 3.28. The fourth-order valence-corrected chi connectivity index (χ4v) is 4.29. The van der Waals surface area contributed by atoms with Crippen molar-refractivity contribution >= 4 is 22.7 Å². The molecule has 8 nitrogen and oxygen atoms in total. The van der Waals surface area contributed by atoms with Crippen LogP contribution in [0.5, 0.6) is 0 Å². The summed E-state index contributed by atoms with van der Waals surface area (Å²) in [5.74, 6) is 1.16. The summed E-state index contributed by atoms with van der Waals surface area (Å²) >= 11 is 0. The zero-order chi connectivity index (χ0) is 22.1. The summed E-state index contributed by atoms with van der Waals surface area (Å²) in [6.45, 7) is 6.76. The van der Waals surface area contributed by atoms with E-state index >= 15 is 0 Å². The lowest BCUT2D eigenvalue weighted by Gasteiger charge is -2.37. The van der Waals surface area contributed by atoms with Gasteiger partial charge in [0, 0.05) is 48.7 Å². The van der Waals surface area contributed by atoms with Crippen molar-refractivity contribution in [1.82, 2.24) is 30.2 Å². The summed E-state index contributed by atoms with van der Waals surface area (Å²) in [4.78, 5) is 22.9. The minimum Gasteiger partial charge on any atom is -0.364 e. The number of fused-ring (bicyclic) bond motifs is 1. The molecule has 0 unspecified atom stereocenters. The molecule has 164 valence electrons. The van der Waals surface area contributed by atoms with E-state index in [1.54, 1.807) is 6.07 Å². The molecule has 32 heavy (non-hydrogen) atoms. The molecule has 5 heterocycles. The number of nitrogens with one attached hydrogen (secondary N) is 3. The summed E-state index contributed by atoms with van der Waals surface area (Å²) in [5, 5.41) is 7.79. The lowest BCUT2D eigenvalue weighted by Crippen LogP contribution is -2.54. The minimum atomic E-state index is -0.512. The standard InChI is InChI=1S/C23H25FN8/c1-14-11-32(12-15(2)30-14)20-5-3-4-17(31-20)9-26-22-21-18(10-27-23(21)29-13-28-22)16-6-7-19(24)25-8-16/h3-8,10,13-15,30H,9,11-12H2,1-2H3,(H2,26,27,28,29)/t14-,15+. The van der Waals surface area contributed by atoms with Crippen LogP contribution in [-0.2, 0) is 6.54 Å². The molecule has 0 spiro atoms. The Balaban J connectivity index is 1.39. The van der Waals surface area contributed by atoms with Gasteiger partial charge in [-0.2, -0.15) is 4.39 Å². The summed E-state index contributed by atoms with van der Waals surface area (Å²) < 4.78 is 13.3. The highest BCUT2D eigenvalue weighted by Crippen LogP contribution is 2.31. The summed E-state index contributed by atoms with van der Waals surface area (Å²) in [7, 11) is 0. The number of aromatic amines is 1. The SMILES string of the molecule is C[C@@H]1CN(c2cccc(CNc3ncnc4[nH]cc(-c5ccc(F)nc5)c34)n2)C[C@H](C)N1. The number of piperazine rings is 1. The molecule has 0 aliphatic carbocycles. The minimum absolute atomic E-state index is 0.421. The highest BCUT2D eigenvalue weighted by molar-refractivity contribution is 6.00. The van der Waals surface area contributed by atoms with Crippen LogP contribution in [0.2, 0.25) is 0 Å². The quantitative estimate of drug-likeness (QED) is 0.416. The first kappa shape index (κ1) is 20.3. The normalized spacial score (nSPS) is 18.8. The predicted molar refractivity (Wildman–Crippen MR) is 123 cm³/mol. The smallest absolute Gasteiger partial charge is 0.212 e. The molecule has 0 bridgehead atoms. The zero-order valence-electron chi connectivity index (χ0n) is 18.0. The van der Waals surface area contributed by atoms with Crippen molar-refractivity contribution in [2.24, 2.45) is 0 Å². The van der Waals surface area contributed by atoms with Gasteiger partial charge in [-0.3, -0.25) is 0 Å². The number of aromatic nitrogens is 5. The van der Waals surface area contributed by atoms with Crippen LogP contribution in [-0.4, -0.2) is 50.1 Å². The molecule has 3 N–H and O–H groups in total. The number of nitrogens with zero attached hydrogens (tertiary/aromatic N) is 5. The van der Waals surface area contributed by atoms with Crippen molar-refractivity contribution < 1.29 is 4.39 Å². The zero-order valence-corrected chi connectivity index (χ0v) is 18.0. The van der Waals surface area contributed by atoms with Gasteiger partial charge < -0.3 is 20.5 Å². The van der Waals surface area contributed by atoms with Gasteiger partial charge in [-0.25, -0.2) is 19.9 Å².